The maximum Gasteiger partial charge on any atom is 0.338 e. The second-order valence-corrected chi connectivity index (χ2v) is 4.84. The molecule has 0 saturated carbocycles. The van der Waals surface area contributed by atoms with Crippen LogP contribution in [0.2, 0.25) is 0 Å². The molecule has 0 aliphatic carbocycles. The van der Waals surface area contributed by atoms with E-state index in [2.05, 4.69) is 4.74 Å². The van der Waals surface area contributed by atoms with E-state index in [1.165, 1.54) is 18.2 Å². The van der Waals surface area contributed by atoms with Crippen molar-refractivity contribution >= 4 is 18.9 Å². The molecule has 0 fully saturated rings. The van der Waals surface area contributed by atoms with Crippen molar-refractivity contribution in [2.45, 2.75) is 13.5 Å². The van der Waals surface area contributed by atoms with Gasteiger partial charge in [0.15, 0.2) is 17.4 Å². The summed E-state index contributed by atoms with van der Waals surface area (Å²) in [4.78, 5) is 11.5. The first kappa shape index (κ1) is 17.9. The van der Waals surface area contributed by atoms with Crippen LogP contribution in [0.15, 0.2) is 30.3 Å². The Morgan fingerprint density at radius 1 is 1.21 bits per heavy atom. The van der Waals surface area contributed by atoms with Gasteiger partial charge in [0.2, 0.25) is 0 Å². The van der Waals surface area contributed by atoms with E-state index in [-0.39, 0.29) is 32.0 Å². The monoisotopic (exact) mass is 336 g/mol. The number of benzene rings is 2. The van der Waals surface area contributed by atoms with Gasteiger partial charge >= 0.3 is 13.5 Å². The summed E-state index contributed by atoms with van der Waals surface area (Å²) in [5.74, 6) is -3.55. The molecule has 0 saturated heterocycles. The van der Waals surface area contributed by atoms with E-state index in [4.69, 9.17) is 9.76 Å². The van der Waals surface area contributed by atoms with Gasteiger partial charge in [-0.25, -0.2) is 13.6 Å². The van der Waals surface area contributed by atoms with Crippen LogP contribution < -0.4 is 10.2 Å². The Kier molecular flexibility index (Phi) is 5.89. The van der Waals surface area contributed by atoms with Crippen molar-refractivity contribution in [1.29, 1.82) is 0 Å². The van der Waals surface area contributed by atoms with Gasteiger partial charge in [-0.1, -0.05) is 6.07 Å². The second kappa shape index (κ2) is 7.89. The second-order valence-electron chi connectivity index (χ2n) is 4.84. The molecule has 8 heteroatoms. The molecule has 2 aromatic carbocycles. The summed E-state index contributed by atoms with van der Waals surface area (Å²) in [6.07, 6.45) is 0. The minimum absolute atomic E-state index is 0.0814. The Hall–Kier alpha value is -2.45. The highest BCUT2D eigenvalue weighted by atomic mass is 19.1. The fourth-order valence-corrected chi connectivity index (χ4v) is 2.07. The maximum atomic E-state index is 14.1. The van der Waals surface area contributed by atoms with Gasteiger partial charge in [0, 0.05) is 0 Å². The summed E-state index contributed by atoms with van der Waals surface area (Å²) >= 11 is 0. The van der Waals surface area contributed by atoms with Crippen molar-refractivity contribution < 1.29 is 33.2 Å². The molecule has 0 aromatic heterocycles. The molecule has 5 nitrogen and oxygen atoms in total. The largest absolute Gasteiger partial charge is 0.462 e. The number of esters is 1. The standard InChI is InChI=1S/C16H15BF2O5/c1-2-23-16(21)9-6-13(18)15(14(19)7-9)24-11-3-4-12(17-22)10(5-11)8-20/h3-7,17,20,22H,2,8H2,1H3. The number of rotatable bonds is 6. The first-order valence-electron chi connectivity index (χ1n) is 7.17. The van der Waals surface area contributed by atoms with Crippen LogP contribution in [0.5, 0.6) is 11.5 Å². The highest BCUT2D eigenvalue weighted by Crippen LogP contribution is 2.29. The highest BCUT2D eigenvalue weighted by Gasteiger charge is 2.18. The predicted molar refractivity (Wildman–Crippen MR) is 83.8 cm³/mol. The summed E-state index contributed by atoms with van der Waals surface area (Å²) in [5.41, 5.74) is 0.591. The summed E-state index contributed by atoms with van der Waals surface area (Å²) in [5, 5.41) is 18.4. The molecule has 0 amide bonds. The number of halogens is 2. The third kappa shape index (κ3) is 3.90. The van der Waals surface area contributed by atoms with Crippen LogP contribution in [0.1, 0.15) is 22.8 Å². The van der Waals surface area contributed by atoms with E-state index in [0.717, 1.165) is 12.1 Å². The van der Waals surface area contributed by atoms with E-state index >= 15 is 0 Å². The molecular weight excluding hydrogens is 321 g/mol. The lowest BCUT2D eigenvalue weighted by atomic mass is 9.84. The van der Waals surface area contributed by atoms with Crippen molar-refractivity contribution in [2.75, 3.05) is 6.61 Å². The average Bonchev–Trinajstić information content (AvgIpc) is 2.57. The molecule has 0 unspecified atom stereocenters. The smallest absolute Gasteiger partial charge is 0.338 e. The predicted octanol–water partition coefficient (Wildman–Crippen LogP) is 1.40. The normalized spacial score (nSPS) is 10.4. The van der Waals surface area contributed by atoms with Gasteiger partial charge in [-0.3, -0.25) is 0 Å². The van der Waals surface area contributed by atoms with Crippen molar-refractivity contribution in [3.05, 3.63) is 53.1 Å². The fraction of sp³-hybridized carbons (Fsp3) is 0.188. The number of carbonyl (C=O) groups is 1. The summed E-state index contributed by atoms with van der Waals surface area (Å²) in [6.45, 7) is 1.30. The molecule has 0 heterocycles. The number of hydrogen-bond donors (Lipinski definition) is 2. The van der Waals surface area contributed by atoms with E-state index < -0.39 is 23.4 Å². The van der Waals surface area contributed by atoms with Gasteiger partial charge in [-0.15, -0.1) is 0 Å². The summed E-state index contributed by atoms with van der Waals surface area (Å²) < 4.78 is 38.0. The zero-order valence-corrected chi connectivity index (χ0v) is 12.9. The Labute approximate surface area is 137 Å². The van der Waals surface area contributed by atoms with Crippen molar-refractivity contribution in [2.24, 2.45) is 0 Å². The Morgan fingerprint density at radius 3 is 2.42 bits per heavy atom. The quantitative estimate of drug-likeness (QED) is 0.616. The van der Waals surface area contributed by atoms with Crippen LogP contribution in [0.3, 0.4) is 0 Å². The summed E-state index contributed by atoms with van der Waals surface area (Å²) in [6, 6.07) is 5.90. The lowest BCUT2D eigenvalue weighted by molar-refractivity contribution is 0.0525. The molecule has 24 heavy (non-hydrogen) atoms. The van der Waals surface area contributed by atoms with Crippen LogP contribution in [0.4, 0.5) is 8.78 Å². The van der Waals surface area contributed by atoms with E-state index in [1.54, 1.807) is 6.92 Å². The lowest BCUT2D eigenvalue weighted by Gasteiger charge is -2.12. The number of hydrogen-bond acceptors (Lipinski definition) is 5. The first-order chi connectivity index (χ1) is 11.5. The maximum absolute atomic E-state index is 14.1. The van der Waals surface area contributed by atoms with Crippen molar-refractivity contribution in [3.8, 4) is 11.5 Å². The van der Waals surface area contributed by atoms with E-state index in [9.17, 15) is 18.7 Å². The third-order valence-corrected chi connectivity index (χ3v) is 3.25. The Balaban J connectivity index is 2.32. The van der Waals surface area contributed by atoms with Gasteiger partial charge in [0.25, 0.3) is 0 Å². The van der Waals surface area contributed by atoms with Crippen molar-refractivity contribution in [1.82, 2.24) is 0 Å². The minimum atomic E-state index is -1.06. The van der Waals surface area contributed by atoms with Gasteiger partial charge in [-0.2, -0.15) is 0 Å². The Morgan fingerprint density at radius 2 is 1.88 bits per heavy atom. The molecule has 0 aliphatic heterocycles. The van der Waals surface area contributed by atoms with Gasteiger partial charge in [-0.05, 0) is 42.2 Å². The number of carbonyl (C=O) groups excluding carboxylic acids is 1. The van der Waals surface area contributed by atoms with Crippen LogP contribution >= 0.6 is 0 Å². The molecule has 2 rings (SSSR count). The molecule has 0 atom stereocenters. The molecule has 0 aliphatic rings. The SMILES string of the molecule is CCOC(=O)c1cc(F)c(Oc2ccc(BO)c(CO)c2)c(F)c1. The van der Waals surface area contributed by atoms with Crippen molar-refractivity contribution in [3.63, 3.8) is 0 Å². The summed E-state index contributed by atoms with van der Waals surface area (Å²) in [7, 11) is -0.285. The van der Waals surface area contributed by atoms with Crippen LogP contribution in [0, 0.1) is 11.6 Å². The molecule has 0 bridgehead atoms. The van der Waals surface area contributed by atoms with Crippen LogP contribution in [-0.4, -0.2) is 30.2 Å². The molecule has 0 spiro atoms. The molecule has 2 aromatic rings. The first-order valence-corrected chi connectivity index (χ1v) is 7.17. The Bertz CT molecular complexity index is 728. The number of aliphatic hydroxyl groups excluding tert-OH is 1. The van der Waals surface area contributed by atoms with E-state index in [1.807, 2.05) is 0 Å². The molecule has 126 valence electrons. The van der Waals surface area contributed by atoms with E-state index in [0.29, 0.717) is 11.0 Å². The molecule has 0 radical (unpaired) electrons. The van der Waals surface area contributed by atoms with Crippen LogP contribution in [-0.2, 0) is 11.3 Å². The third-order valence-electron chi connectivity index (χ3n) is 3.25. The van der Waals surface area contributed by atoms with Crippen LogP contribution in [0.25, 0.3) is 0 Å². The van der Waals surface area contributed by atoms with Gasteiger partial charge < -0.3 is 19.6 Å². The lowest BCUT2D eigenvalue weighted by Crippen LogP contribution is -2.18. The minimum Gasteiger partial charge on any atom is -0.462 e. The number of ether oxygens (including phenoxy) is 2. The topological polar surface area (TPSA) is 76.0 Å². The number of aliphatic hydroxyl groups is 1. The van der Waals surface area contributed by atoms with Gasteiger partial charge in [0.05, 0.1) is 18.8 Å². The highest BCUT2D eigenvalue weighted by molar-refractivity contribution is 6.46. The van der Waals surface area contributed by atoms with Gasteiger partial charge in [0.1, 0.15) is 5.75 Å². The zero-order chi connectivity index (χ0) is 17.7. The molecule has 2 N–H and O–H groups in total. The zero-order valence-electron chi connectivity index (χ0n) is 12.9. The average molecular weight is 336 g/mol. The molecular formula is C16H15BF2O5. The fourth-order valence-electron chi connectivity index (χ4n) is 2.07.